The quantitative estimate of drug-likeness (QED) is 0.415. The lowest BCUT2D eigenvalue weighted by Gasteiger charge is -2.06. The van der Waals surface area contributed by atoms with E-state index in [-0.39, 0.29) is 0 Å². The molecule has 0 aliphatic carbocycles. The van der Waals surface area contributed by atoms with Crippen LogP contribution in [0.5, 0.6) is 0 Å². The largest absolute Gasteiger partial charge is 0.291 e. The summed E-state index contributed by atoms with van der Waals surface area (Å²) < 4.78 is 12.7. The highest BCUT2D eigenvalue weighted by Crippen LogP contribution is 2.32. The second-order valence-corrected chi connectivity index (χ2v) is 7.58. The third kappa shape index (κ3) is 1.29. The molecule has 1 atom stereocenters. The predicted octanol–water partition coefficient (Wildman–Crippen LogP) is 0.716. The minimum Gasteiger partial charge on any atom is -0.291 e. The highest BCUT2D eigenvalue weighted by molar-refractivity contribution is 8.86. The van der Waals surface area contributed by atoms with Gasteiger partial charge in [0, 0.05) is 35.2 Å². The van der Waals surface area contributed by atoms with E-state index in [1.54, 1.807) is 13.2 Å². The third-order valence-electron chi connectivity index (χ3n) is 0.989. The van der Waals surface area contributed by atoms with E-state index in [4.69, 9.17) is 17.6 Å². The normalized spacial score (nSPS) is 31.6. The predicted molar refractivity (Wildman–Crippen MR) is 47.8 cm³/mol. The molecule has 10 heavy (non-hydrogen) atoms. The Bertz CT molecular complexity index is 308. The molecule has 0 fully saturated rings. The lowest BCUT2D eigenvalue weighted by atomic mass is 10.6. The molecule has 0 aromatic heterocycles. The second-order valence-electron chi connectivity index (χ2n) is 1.69. The summed E-state index contributed by atoms with van der Waals surface area (Å²) in [7, 11) is 0.391. The smallest absolute Gasteiger partial charge is 0.171 e. The van der Waals surface area contributed by atoms with Crippen molar-refractivity contribution in [3.63, 3.8) is 0 Å². The van der Waals surface area contributed by atoms with Crippen LogP contribution in [0.2, 0.25) is 0 Å². The van der Waals surface area contributed by atoms with E-state index in [2.05, 4.69) is 5.92 Å². The molecule has 54 valence electrons. The van der Waals surface area contributed by atoms with Crippen LogP contribution in [0.15, 0.2) is 11.1 Å². The van der Waals surface area contributed by atoms with Crippen molar-refractivity contribution in [2.24, 2.45) is 0 Å². The fourth-order valence-corrected chi connectivity index (χ4v) is 3.60. The minimum atomic E-state index is -2.34. The van der Waals surface area contributed by atoms with Gasteiger partial charge in [0.1, 0.15) is 0 Å². The maximum absolute atomic E-state index is 11.2. The molecule has 0 saturated carbocycles. The van der Waals surface area contributed by atoms with Gasteiger partial charge in [-0.3, -0.25) is 4.31 Å². The summed E-state index contributed by atoms with van der Waals surface area (Å²) in [5.74, 6) is 2.39. The Hall–Kier alpha value is -0.180. The van der Waals surface area contributed by atoms with Gasteiger partial charge < -0.3 is 0 Å². The van der Waals surface area contributed by atoms with Crippen LogP contribution >= 0.6 is 10.8 Å². The Morgan fingerprint density at radius 3 is 2.80 bits per heavy atom. The van der Waals surface area contributed by atoms with Crippen LogP contribution in [0.3, 0.4) is 0 Å². The Balaban J connectivity index is 3.00. The molecule has 0 N–H and O–H groups in total. The van der Waals surface area contributed by atoms with Gasteiger partial charge in [0.05, 0.1) is 4.91 Å². The highest BCUT2D eigenvalue weighted by atomic mass is 33.3. The van der Waals surface area contributed by atoms with Crippen molar-refractivity contribution < 1.29 is 4.21 Å². The molecule has 5 heteroatoms. The molecule has 2 nitrogen and oxygen atoms in total. The second kappa shape index (κ2) is 2.46. The lowest BCUT2D eigenvalue weighted by molar-refractivity contribution is 0.643. The van der Waals surface area contributed by atoms with Crippen LogP contribution in [0.1, 0.15) is 0 Å². The molecule has 1 aliphatic heterocycles. The van der Waals surface area contributed by atoms with Gasteiger partial charge in [-0.1, -0.05) is 5.92 Å². The Labute approximate surface area is 68.9 Å². The van der Waals surface area contributed by atoms with Crippen LogP contribution in [0, 0.1) is 12.3 Å². The van der Waals surface area contributed by atoms with Crippen molar-refractivity contribution in [2.75, 3.05) is 7.05 Å². The Morgan fingerprint density at radius 2 is 2.60 bits per heavy atom. The van der Waals surface area contributed by atoms with Gasteiger partial charge in [-0.15, -0.1) is 6.42 Å². The van der Waals surface area contributed by atoms with E-state index in [9.17, 15) is 4.21 Å². The van der Waals surface area contributed by atoms with Crippen molar-refractivity contribution in [3.8, 4) is 12.3 Å². The van der Waals surface area contributed by atoms with Gasteiger partial charge in [0.25, 0.3) is 0 Å². The topological polar surface area (TPSA) is 20.3 Å². The first-order chi connectivity index (χ1) is 4.56. The fourth-order valence-electron chi connectivity index (χ4n) is 0.485. The molecular formula is C5H5NOS3. The van der Waals surface area contributed by atoms with Crippen LogP contribution < -0.4 is 0 Å². The number of allylic oxidation sites excluding steroid dienone is 1. The molecule has 0 radical (unpaired) electrons. The van der Waals surface area contributed by atoms with Crippen LogP contribution in [0.25, 0.3) is 0 Å². The fraction of sp³-hybridized carbons (Fsp3) is 0.200. The van der Waals surface area contributed by atoms with Crippen molar-refractivity contribution >= 4 is 29.7 Å². The monoisotopic (exact) mass is 191 g/mol. The summed E-state index contributed by atoms with van der Waals surface area (Å²) in [5, 5.41) is 0. The SMILES string of the molecule is C#CC1=CN(C)S(=O)(=S)S1. The number of nitrogens with zero attached hydrogens (tertiary/aromatic N) is 1. The lowest BCUT2D eigenvalue weighted by Crippen LogP contribution is -2.10. The maximum atomic E-state index is 11.2. The van der Waals surface area contributed by atoms with Crippen molar-refractivity contribution in [3.05, 3.63) is 11.1 Å². The molecule has 0 amide bonds. The standard InChI is InChI=1S/C5H5NOS3/c1-3-5-4-6(2)10(7,8)9-5/h1,4H,2H3. The number of rotatable bonds is 0. The van der Waals surface area contributed by atoms with E-state index in [1.807, 2.05) is 0 Å². The highest BCUT2D eigenvalue weighted by Gasteiger charge is 2.20. The maximum Gasteiger partial charge on any atom is 0.171 e. The summed E-state index contributed by atoms with van der Waals surface area (Å²) >= 11 is 4.74. The summed E-state index contributed by atoms with van der Waals surface area (Å²) in [6.45, 7) is 0. The van der Waals surface area contributed by atoms with Gasteiger partial charge in [0.2, 0.25) is 0 Å². The first-order valence-corrected chi connectivity index (χ1v) is 6.19. The first kappa shape index (κ1) is 7.92. The van der Waals surface area contributed by atoms with E-state index in [0.717, 1.165) is 10.8 Å². The molecular weight excluding hydrogens is 186 g/mol. The molecule has 1 aliphatic rings. The number of terminal acetylenes is 1. The van der Waals surface area contributed by atoms with Gasteiger partial charge >= 0.3 is 0 Å². The number of hydrogen-bond donors (Lipinski definition) is 0. The van der Waals surface area contributed by atoms with Crippen molar-refractivity contribution in [2.45, 2.75) is 0 Å². The van der Waals surface area contributed by atoms with Crippen LogP contribution in [-0.4, -0.2) is 15.6 Å². The van der Waals surface area contributed by atoms with Crippen molar-refractivity contribution in [1.29, 1.82) is 0 Å². The van der Waals surface area contributed by atoms with Crippen LogP contribution in [0.4, 0.5) is 0 Å². The first-order valence-electron chi connectivity index (χ1n) is 2.42. The van der Waals surface area contributed by atoms with E-state index < -0.39 is 7.71 Å². The number of hydrogen-bond acceptors (Lipinski definition) is 3. The zero-order chi connectivity index (χ0) is 7.78. The molecule has 0 aromatic rings. The Kier molecular flexibility index (Phi) is 1.95. The van der Waals surface area contributed by atoms with E-state index in [1.165, 1.54) is 4.31 Å². The molecule has 1 rings (SSSR count). The summed E-state index contributed by atoms with van der Waals surface area (Å²) in [5.41, 5.74) is 0. The molecule has 0 saturated heterocycles. The van der Waals surface area contributed by atoms with Gasteiger partial charge in [0.15, 0.2) is 7.71 Å². The summed E-state index contributed by atoms with van der Waals surface area (Å²) in [6, 6.07) is 0. The van der Waals surface area contributed by atoms with E-state index in [0.29, 0.717) is 4.91 Å². The minimum absolute atomic E-state index is 0.641. The molecule has 0 spiro atoms. The average Bonchev–Trinajstić information content (AvgIpc) is 2.08. The zero-order valence-electron chi connectivity index (χ0n) is 5.23. The molecule has 1 unspecified atom stereocenters. The van der Waals surface area contributed by atoms with Crippen LogP contribution in [-0.2, 0) is 18.9 Å². The van der Waals surface area contributed by atoms with Crippen molar-refractivity contribution in [1.82, 2.24) is 4.31 Å². The Morgan fingerprint density at radius 1 is 2.00 bits per heavy atom. The summed E-state index contributed by atoms with van der Waals surface area (Å²) in [4.78, 5) is 0.641. The van der Waals surface area contributed by atoms with Gasteiger partial charge in [-0.2, -0.15) is 0 Å². The zero-order valence-corrected chi connectivity index (χ0v) is 7.68. The van der Waals surface area contributed by atoms with E-state index >= 15 is 0 Å². The van der Waals surface area contributed by atoms with Gasteiger partial charge in [-0.25, -0.2) is 4.21 Å². The molecule has 0 aromatic carbocycles. The molecule has 1 heterocycles. The third-order valence-corrected chi connectivity index (χ3v) is 5.61. The summed E-state index contributed by atoms with van der Waals surface area (Å²) in [6.07, 6.45) is 6.70. The average molecular weight is 191 g/mol. The molecule has 0 bridgehead atoms. The van der Waals surface area contributed by atoms with Gasteiger partial charge in [-0.05, 0) is 0 Å².